The Hall–Kier alpha value is -3.77. The largest absolute Gasteiger partial charge is 0.506 e. The molecule has 0 aliphatic rings. The van der Waals surface area contributed by atoms with E-state index in [9.17, 15) is 22.7 Å². The van der Waals surface area contributed by atoms with Gasteiger partial charge in [0.1, 0.15) is 5.75 Å². The molecule has 1 heterocycles. The molecule has 1 aromatic heterocycles. The van der Waals surface area contributed by atoms with Crippen LogP contribution < -0.4 is 21.1 Å². The van der Waals surface area contributed by atoms with Crippen molar-refractivity contribution in [3.63, 3.8) is 0 Å². The molecule has 0 bridgehead atoms. The zero-order valence-electron chi connectivity index (χ0n) is 15.5. The summed E-state index contributed by atoms with van der Waals surface area (Å²) in [7, 11) is -3.82. The number of carbonyl (C=O) groups is 1. The molecule has 0 spiro atoms. The quantitative estimate of drug-likeness (QED) is 0.293. The number of primary sulfonamides is 1. The number of nitrogens with zero attached hydrogens (tertiary/aromatic N) is 2. The first kappa shape index (κ1) is 21.0. The molecular weight excluding hydrogens is 415 g/mol. The van der Waals surface area contributed by atoms with E-state index in [0.29, 0.717) is 11.4 Å². The zero-order chi connectivity index (χ0) is 21.9. The van der Waals surface area contributed by atoms with Gasteiger partial charge < -0.3 is 21.1 Å². The minimum Gasteiger partial charge on any atom is -0.506 e. The molecule has 0 radical (unpaired) electrons. The first-order valence-electron chi connectivity index (χ1n) is 8.42. The standard InChI is InChI=1S/C18H17FN6O4S/c1-10(26)22-15-8-12(4-7-16(15)27)23-17-14(19)9-21-18(25-17)24-11-2-5-13(6-3-11)30(20,28)29/h2-9,27H,1H3,(H,22,26)(H2,20,28,29)(H2,21,23,24,25). The Morgan fingerprint density at radius 1 is 1.10 bits per heavy atom. The molecule has 0 aliphatic heterocycles. The lowest BCUT2D eigenvalue weighted by Crippen LogP contribution is -2.11. The average Bonchev–Trinajstić information content (AvgIpc) is 2.66. The number of anilines is 5. The number of halogens is 1. The number of carbonyl (C=O) groups excluding carboxylic acids is 1. The van der Waals surface area contributed by atoms with Crippen LogP contribution in [0.1, 0.15) is 6.92 Å². The van der Waals surface area contributed by atoms with E-state index in [4.69, 9.17) is 5.14 Å². The first-order valence-corrected chi connectivity index (χ1v) is 9.96. The van der Waals surface area contributed by atoms with Gasteiger partial charge in [-0.2, -0.15) is 4.98 Å². The van der Waals surface area contributed by atoms with Crippen molar-refractivity contribution in [3.8, 4) is 5.75 Å². The van der Waals surface area contributed by atoms with Gasteiger partial charge >= 0.3 is 0 Å². The predicted octanol–water partition coefficient (Wildman–Crippen LogP) is 2.41. The molecule has 3 rings (SSSR count). The van der Waals surface area contributed by atoms with Crippen molar-refractivity contribution in [2.75, 3.05) is 16.0 Å². The number of benzene rings is 2. The van der Waals surface area contributed by atoms with Crippen LogP contribution in [0.25, 0.3) is 0 Å². The van der Waals surface area contributed by atoms with E-state index in [1.54, 1.807) is 0 Å². The van der Waals surface area contributed by atoms with Crippen LogP contribution in [0.5, 0.6) is 5.75 Å². The molecule has 0 atom stereocenters. The van der Waals surface area contributed by atoms with Crippen LogP contribution in [-0.4, -0.2) is 29.4 Å². The number of nitrogens with two attached hydrogens (primary N) is 1. The Morgan fingerprint density at radius 3 is 2.40 bits per heavy atom. The summed E-state index contributed by atoms with van der Waals surface area (Å²) in [5.41, 5.74) is 0.963. The lowest BCUT2D eigenvalue weighted by atomic mass is 10.2. The third-order valence-corrected chi connectivity index (χ3v) is 4.68. The molecule has 0 saturated carbocycles. The van der Waals surface area contributed by atoms with E-state index in [1.807, 2.05) is 0 Å². The smallest absolute Gasteiger partial charge is 0.238 e. The van der Waals surface area contributed by atoms with Gasteiger partial charge in [-0.3, -0.25) is 4.79 Å². The van der Waals surface area contributed by atoms with Gasteiger partial charge in [0.05, 0.1) is 16.8 Å². The van der Waals surface area contributed by atoms with Crippen LogP contribution in [0.3, 0.4) is 0 Å². The van der Waals surface area contributed by atoms with Crippen molar-refractivity contribution < 1.29 is 22.7 Å². The molecule has 0 saturated heterocycles. The number of hydrogen-bond acceptors (Lipinski definition) is 8. The highest BCUT2D eigenvalue weighted by Gasteiger charge is 2.11. The van der Waals surface area contributed by atoms with Crippen LogP contribution in [0, 0.1) is 5.82 Å². The van der Waals surface area contributed by atoms with Crippen molar-refractivity contribution in [1.82, 2.24) is 9.97 Å². The second kappa shape index (κ2) is 8.31. The van der Waals surface area contributed by atoms with Crippen molar-refractivity contribution in [2.24, 2.45) is 5.14 Å². The first-order chi connectivity index (χ1) is 14.1. The third kappa shape index (κ3) is 5.18. The normalized spacial score (nSPS) is 11.0. The van der Waals surface area contributed by atoms with Gasteiger partial charge in [-0.1, -0.05) is 0 Å². The van der Waals surface area contributed by atoms with E-state index in [0.717, 1.165) is 6.20 Å². The summed E-state index contributed by atoms with van der Waals surface area (Å²) < 4.78 is 36.8. The topological polar surface area (TPSA) is 159 Å². The molecular formula is C18H17FN6O4S. The molecule has 30 heavy (non-hydrogen) atoms. The Morgan fingerprint density at radius 2 is 1.77 bits per heavy atom. The van der Waals surface area contributed by atoms with Gasteiger partial charge in [0, 0.05) is 18.3 Å². The van der Waals surface area contributed by atoms with Crippen molar-refractivity contribution in [2.45, 2.75) is 11.8 Å². The van der Waals surface area contributed by atoms with Crippen molar-refractivity contribution in [3.05, 3.63) is 54.5 Å². The minimum atomic E-state index is -3.82. The molecule has 6 N–H and O–H groups in total. The van der Waals surface area contributed by atoms with Crippen LogP contribution in [-0.2, 0) is 14.8 Å². The van der Waals surface area contributed by atoms with Crippen molar-refractivity contribution >= 4 is 44.8 Å². The molecule has 12 heteroatoms. The number of amides is 1. The summed E-state index contributed by atoms with van der Waals surface area (Å²) in [5, 5.41) is 22.9. The molecule has 3 aromatic rings. The molecule has 10 nitrogen and oxygen atoms in total. The molecule has 1 amide bonds. The number of nitrogens with one attached hydrogen (secondary N) is 3. The minimum absolute atomic E-state index is 0.0446. The Kier molecular flexibility index (Phi) is 5.80. The van der Waals surface area contributed by atoms with E-state index in [1.165, 1.54) is 49.4 Å². The van der Waals surface area contributed by atoms with Crippen molar-refractivity contribution in [1.29, 1.82) is 0 Å². The number of aromatic hydroxyl groups is 1. The highest BCUT2D eigenvalue weighted by molar-refractivity contribution is 7.89. The van der Waals surface area contributed by atoms with Gasteiger partial charge in [-0.05, 0) is 42.5 Å². The summed E-state index contributed by atoms with van der Waals surface area (Å²) in [4.78, 5) is 19.0. The summed E-state index contributed by atoms with van der Waals surface area (Å²) >= 11 is 0. The maximum atomic E-state index is 14.2. The zero-order valence-corrected chi connectivity index (χ0v) is 16.4. The van der Waals surface area contributed by atoms with E-state index < -0.39 is 15.8 Å². The molecule has 0 unspecified atom stereocenters. The van der Waals surface area contributed by atoms with Crippen LogP contribution in [0.4, 0.5) is 33.2 Å². The number of sulfonamides is 1. The number of phenolic OH excluding ortho intramolecular Hbond substituents is 1. The Bertz CT molecular complexity index is 1200. The van der Waals surface area contributed by atoms with Gasteiger partial charge in [0.2, 0.25) is 21.9 Å². The molecule has 156 valence electrons. The highest BCUT2D eigenvalue weighted by atomic mass is 32.2. The molecule has 2 aromatic carbocycles. The summed E-state index contributed by atoms with van der Waals surface area (Å²) in [5.74, 6) is -1.38. The van der Waals surface area contributed by atoms with Gasteiger partial charge in [0.15, 0.2) is 11.6 Å². The lowest BCUT2D eigenvalue weighted by molar-refractivity contribution is -0.114. The Balaban J connectivity index is 1.81. The van der Waals surface area contributed by atoms with Crippen LogP contribution >= 0.6 is 0 Å². The highest BCUT2D eigenvalue weighted by Crippen LogP contribution is 2.29. The fourth-order valence-corrected chi connectivity index (χ4v) is 2.93. The van der Waals surface area contributed by atoms with Gasteiger partial charge in [0.25, 0.3) is 0 Å². The maximum Gasteiger partial charge on any atom is 0.238 e. The second-order valence-electron chi connectivity index (χ2n) is 6.12. The number of rotatable bonds is 6. The average molecular weight is 432 g/mol. The lowest BCUT2D eigenvalue weighted by Gasteiger charge is -2.12. The fourth-order valence-electron chi connectivity index (χ4n) is 2.41. The SMILES string of the molecule is CC(=O)Nc1cc(Nc2nc(Nc3ccc(S(N)(=O)=O)cc3)ncc2F)ccc1O. The van der Waals surface area contributed by atoms with E-state index in [2.05, 4.69) is 25.9 Å². The van der Waals surface area contributed by atoms with Gasteiger partial charge in [-0.25, -0.2) is 22.9 Å². The number of phenols is 1. The number of aromatic nitrogens is 2. The maximum absolute atomic E-state index is 14.2. The monoisotopic (exact) mass is 432 g/mol. The summed E-state index contributed by atoms with van der Waals surface area (Å²) in [6.07, 6.45) is 0.950. The van der Waals surface area contributed by atoms with Gasteiger partial charge in [-0.15, -0.1) is 0 Å². The molecule has 0 fully saturated rings. The van der Waals surface area contributed by atoms with E-state index >= 15 is 0 Å². The summed E-state index contributed by atoms with van der Waals surface area (Å²) in [6.45, 7) is 1.29. The second-order valence-corrected chi connectivity index (χ2v) is 7.68. The van der Waals surface area contributed by atoms with Crippen LogP contribution in [0.15, 0.2) is 53.6 Å². The Labute approximate surface area is 171 Å². The van der Waals surface area contributed by atoms with E-state index in [-0.39, 0.29) is 34.0 Å². The predicted molar refractivity (Wildman–Crippen MR) is 109 cm³/mol. The molecule has 0 aliphatic carbocycles. The fraction of sp³-hybridized carbons (Fsp3) is 0.0556. The summed E-state index contributed by atoms with van der Waals surface area (Å²) in [6, 6.07) is 9.75. The van der Waals surface area contributed by atoms with Crippen LogP contribution in [0.2, 0.25) is 0 Å². The number of hydrogen-bond donors (Lipinski definition) is 5. The third-order valence-electron chi connectivity index (χ3n) is 3.75.